The zero-order valence-electron chi connectivity index (χ0n) is 10.2. The molecule has 0 aliphatic heterocycles. The molecule has 5 heteroatoms. The van der Waals surface area contributed by atoms with Gasteiger partial charge in [0, 0.05) is 32.0 Å². The molecule has 1 heterocycles. The van der Waals surface area contributed by atoms with E-state index in [1.807, 2.05) is 37.5 Å². The zero-order chi connectivity index (χ0) is 12.3. The topological polar surface area (TPSA) is 60.0 Å². The molecule has 17 heavy (non-hydrogen) atoms. The zero-order valence-corrected chi connectivity index (χ0v) is 10.2. The van der Waals surface area contributed by atoms with E-state index >= 15 is 0 Å². The Hall–Kier alpha value is -1.88. The maximum absolute atomic E-state index is 5.65. The highest BCUT2D eigenvalue weighted by Crippen LogP contribution is 2.09. The van der Waals surface area contributed by atoms with Crippen LogP contribution in [0.5, 0.6) is 0 Å². The predicted molar refractivity (Wildman–Crippen MR) is 67.0 cm³/mol. The van der Waals surface area contributed by atoms with E-state index in [4.69, 9.17) is 5.73 Å². The summed E-state index contributed by atoms with van der Waals surface area (Å²) in [5.41, 5.74) is 8.66. The molecule has 5 nitrogen and oxygen atoms in total. The summed E-state index contributed by atoms with van der Waals surface area (Å²) in [5, 5.41) is 7.97. The molecule has 0 bridgehead atoms. The molecule has 0 atom stereocenters. The second-order valence-corrected chi connectivity index (χ2v) is 4.30. The van der Waals surface area contributed by atoms with Crippen LogP contribution in [0.15, 0.2) is 30.5 Å². The third kappa shape index (κ3) is 3.29. The van der Waals surface area contributed by atoms with Crippen LogP contribution in [-0.4, -0.2) is 26.9 Å². The summed E-state index contributed by atoms with van der Waals surface area (Å²) in [6.07, 6.45) is 1.93. The Bertz CT molecular complexity index is 474. The highest BCUT2D eigenvalue weighted by Gasteiger charge is 2.04. The highest BCUT2D eigenvalue weighted by molar-refractivity contribution is 5.39. The van der Waals surface area contributed by atoms with Gasteiger partial charge in [-0.1, -0.05) is 17.3 Å². The molecule has 1 aromatic heterocycles. The molecule has 0 aliphatic rings. The van der Waals surface area contributed by atoms with Crippen LogP contribution in [0.25, 0.3) is 0 Å². The van der Waals surface area contributed by atoms with Gasteiger partial charge in [0.05, 0.1) is 5.69 Å². The highest BCUT2D eigenvalue weighted by atomic mass is 15.4. The molecule has 2 rings (SSSR count). The van der Waals surface area contributed by atoms with Crippen LogP contribution in [0.1, 0.15) is 11.3 Å². The van der Waals surface area contributed by atoms with E-state index in [0.717, 1.165) is 24.5 Å². The number of aromatic nitrogens is 3. The Morgan fingerprint density at radius 3 is 2.53 bits per heavy atom. The van der Waals surface area contributed by atoms with Gasteiger partial charge in [-0.05, 0) is 24.7 Å². The summed E-state index contributed by atoms with van der Waals surface area (Å²) in [5.74, 6) is 0. The van der Waals surface area contributed by atoms with Gasteiger partial charge in [-0.15, -0.1) is 5.10 Å². The number of anilines is 1. The molecule has 0 radical (unpaired) electrons. The lowest BCUT2D eigenvalue weighted by molar-refractivity contribution is 0.315. The first-order chi connectivity index (χ1) is 8.13. The number of nitrogens with two attached hydrogens (primary N) is 1. The van der Waals surface area contributed by atoms with Crippen molar-refractivity contribution in [3.05, 3.63) is 41.7 Å². The van der Waals surface area contributed by atoms with Gasteiger partial charge in [0.1, 0.15) is 0 Å². The van der Waals surface area contributed by atoms with E-state index in [9.17, 15) is 0 Å². The number of nitrogens with zero attached hydrogens (tertiary/aromatic N) is 4. The van der Waals surface area contributed by atoms with Crippen molar-refractivity contribution in [3.63, 3.8) is 0 Å². The fourth-order valence-corrected chi connectivity index (χ4v) is 1.73. The maximum atomic E-state index is 5.65. The van der Waals surface area contributed by atoms with Crippen molar-refractivity contribution in [1.29, 1.82) is 0 Å². The summed E-state index contributed by atoms with van der Waals surface area (Å²) in [6.45, 7) is 1.66. The van der Waals surface area contributed by atoms with Crippen molar-refractivity contribution in [2.75, 3.05) is 12.8 Å². The summed E-state index contributed by atoms with van der Waals surface area (Å²) in [7, 11) is 3.93. The molecule has 0 amide bonds. The van der Waals surface area contributed by atoms with Gasteiger partial charge in [0.15, 0.2) is 0 Å². The van der Waals surface area contributed by atoms with Gasteiger partial charge < -0.3 is 5.73 Å². The van der Waals surface area contributed by atoms with Gasteiger partial charge in [-0.25, -0.2) is 0 Å². The standard InChI is InChI=1S/C12H17N5/c1-16(8-12-9-17(2)15-14-12)7-10-3-5-11(13)6-4-10/h3-6,9H,7-8,13H2,1-2H3. The van der Waals surface area contributed by atoms with Crippen molar-refractivity contribution in [3.8, 4) is 0 Å². The summed E-state index contributed by atoms with van der Waals surface area (Å²) in [4.78, 5) is 2.19. The van der Waals surface area contributed by atoms with Crippen LogP contribution < -0.4 is 5.73 Å². The smallest absolute Gasteiger partial charge is 0.0967 e. The number of nitrogen functional groups attached to an aromatic ring is 1. The lowest BCUT2D eigenvalue weighted by atomic mass is 10.2. The maximum Gasteiger partial charge on any atom is 0.0967 e. The molecule has 2 N–H and O–H groups in total. The number of rotatable bonds is 4. The second kappa shape index (κ2) is 4.97. The Morgan fingerprint density at radius 1 is 1.24 bits per heavy atom. The lowest BCUT2D eigenvalue weighted by Gasteiger charge is -2.14. The van der Waals surface area contributed by atoms with Crippen molar-refractivity contribution in [2.45, 2.75) is 13.1 Å². The summed E-state index contributed by atoms with van der Waals surface area (Å²) >= 11 is 0. The summed E-state index contributed by atoms with van der Waals surface area (Å²) < 4.78 is 1.71. The Kier molecular flexibility index (Phi) is 3.39. The molecule has 2 aromatic rings. The van der Waals surface area contributed by atoms with Crippen LogP contribution >= 0.6 is 0 Å². The molecule has 0 saturated heterocycles. The number of benzene rings is 1. The van der Waals surface area contributed by atoms with Gasteiger partial charge in [-0.2, -0.15) is 0 Å². The van der Waals surface area contributed by atoms with E-state index in [0.29, 0.717) is 0 Å². The van der Waals surface area contributed by atoms with E-state index in [2.05, 4.69) is 22.3 Å². The van der Waals surface area contributed by atoms with Crippen molar-refractivity contribution in [1.82, 2.24) is 19.9 Å². The molecular formula is C12H17N5. The van der Waals surface area contributed by atoms with Crippen molar-refractivity contribution < 1.29 is 0 Å². The first kappa shape index (κ1) is 11.6. The average Bonchev–Trinajstić information content (AvgIpc) is 2.67. The summed E-state index contributed by atoms with van der Waals surface area (Å²) in [6, 6.07) is 7.93. The Balaban J connectivity index is 1.93. The predicted octanol–water partition coefficient (Wildman–Crippen LogP) is 1.03. The Labute approximate surface area is 101 Å². The monoisotopic (exact) mass is 231 g/mol. The third-order valence-electron chi connectivity index (χ3n) is 2.51. The SMILES string of the molecule is CN(Cc1ccc(N)cc1)Cc1cn(C)nn1. The molecule has 0 saturated carbocycles. The molecule has 1 aromatic carbocycles. The van der Waals surface area contributed by atoms with Crippen molar-refractivity contribution in [2.24, 2.45) is 7.05 Å². The minimum atomic E-state index is 0.790. The van der Waals surface area contributed by atoms with Gasteiger partial charge in [0.2, 0.25) is 0 Å². The minimum Gasteiger partial charge on any atom is -0.399 e. The molecule has 0 unspecified atom stereocenters. The molecule has 0 spiro atoms. The molecular weight excluding hydrogens is 214 g/mol. The van der Waals surface area contributed by atoms with E-state index in [1.54, 1.807) is 4.68 Å². The fraction of sp³-hybridized carbons (Fsp3) is 0.333. The number of hydrogen-bond acceptors (Lipinski definition) is 4. The van der Waals surface area contributed by atoms with Crippen LogP contribution in [0.4, 0.5) is 5.69 Å². The van der Waals surface area contributed by atoms with E-state index < -0.39 is 0 Å². The van der Waals surface area contributed by atoms with E-state index in [-0.39, 0.29) is 0 Å². The minimum absolute atomic E-state index is 0.790. The molecule has 90 valence electrons. The third-order valence-corrected chi connectivity index (χ3v) is 2.51. The fourth-order valence-electron chi connectivity index (χ4n) is 1.73. The van der Waals surface area contributed by atoms with Crippen LogP contribution in [0.3, 0.4) is 0 Å². The Morgan fingerprint density at radius 2 is 1.94 bits per heavy atom. The van der Waals surface area contributed by atoms with Gasteiger partial charge in [0.25, 0.3) is 0 Å². The number of aryl methyl sites for hydroxylation is 1. The van der Waals surface area contributed by atoms with Crippen molar-refractivity contribution >= 4 is 5.69 Å². The van der Waals surface area contributed by atoms with Crippen LogP contribution in [0.2, 0.25) is 0 Å². The van der Waals surface area contributed by atoms with Crippen LogP contribution in [0, 0.1) is 0 Å². The second-order valence-electron chi connectivity index (χ2n) is 4.30. The molecule has 0 fully saturated rings. The quantitative estimate of drug-likeness (QED) is 0.798. The average molecular weight is 231 g/mol. The molecule has 0 aliphatic carbocycles. The number of hydrogen-bond donors (Lipinski definition) is 1. The van der Waals surface area contributed by atoms with Crippen LogP contribution in [-0.2, 0) is 20.1 Å². The lowest BCUT2D eigenvalue weighted by Crippen LogP contribution is -2.17. The first-order valence-corrected chi connectivity index (χ1v) is 5.51. The van der Waals surface area contributed by atoms with Gasteiger partial charge >= 0.3 is 0 Å². The normalized spacial score (nSPS) is 11.0. The van der Waals surface area contributed by atoms with E-state index in [1.165, 1.54) is 5.56 Å². The van der Waals surface area contributed by atoms with Gasteiger partial charge in [-0.3, -0.25) is 9.58 Å². The largest absolute Gasteiger partial charge is 0.399 e. The first-order valence-electron chi connectivity index (χ1n) is 5.51.